The van der Waals surface area contributed by atoms with Crippen LogP contribution >= 0.6 is 27.3 Å². The Bertz CT molecular complexity index is 436. The van der Waals surface area contributed by atoms with Crippen molar-refractivity contribution in [3.63, 3.8) is 0 Å². The number of thiophene rings is 1. The summed E-state index contributed by atoms with van der Waals surface area (Å²) in [4.78, 5) is 13.4. The number of carbonyl (C=O) groups is 1. The van der Waals surface area contributed by atoms with Crippen molar-refractivity contribution in [2.75, 3.05) is 13.1 Å². The summed E-state index contributed by atoms with van der Waals surface area (Å²) in [5.41, 5.74) is 0.381. The number of Topliss-reactive ketones (excluding diaryl/α,β-unsaturated/α-hetero) is 1. The fourth-order valence-electron chi connectivity index (χ4n) is 3.01. The Morgan fingerprint density at radius 2 is 2.29 bits per heavy atom. The summed E-state index contributed by atoms with van der Waals surface area (Å²) >= 11 is 5.18. The van der Waals surface area contributed by atoms with Crippen LogP contribution in [-0.4, -0.2) is 18.9 Å². The number of hydrogen-bond acceptors (Lipinski definition) is 3. The van der Waals surface area contributed by atoms with Gasteiger partial charge in [-0.25, -0.2) is 0 Å². The van der Waals surface area contributed by atoms with E-state index in [0.717, 1.165) is 24.0 Å². The van der Waals surface area contributed by atoms with Gasteiger partial charge >= 0.3 is 0 Å². The fraction of sp³-hybridized carbons (Fsp3) is 0.615. The topological polar surface area (TPSA) is 29.1 Å². The lowest BCUT2D eigenvalue weighted by atomic mass is 9.90. The van der Waals surface area contributed by atoms with E-state index in [2.05, 4.69) is 21.2 Å². The molecule has 1 aliphatic carbocycles. The summed E-state index contributed by atoms with van der Waals surface area (Å²) in [6, 6.07) is 2.03. The average Bonchev–Trinajstić information content (AvgIpc) is 2.87. The van der Waals surface area contributed by atoms with Gasteiger partial charge in [0.25, 0.3) is 0 Å². The van der Waals surface area contributed by atoms with E-state index < -0.39 is 0 Å². The quantitative estimate of drug-likeness (QED) is 0.929. The van der Waals surface area contributed by atoms with Gasteiger partial charge in [0, 0.05) is 21.7 Å². The van der Waals surface area contributed by atoms with Crippen LogP contribution in [0.5, 0.6) is 0 Å². The number of hydrogen-bond donors (Lipinski definition) is 1. The van der Waals surface area contributed by atoms with Crippen LogP contribution in [0.15, 0.2) is 15.9 Å². The second-order valence-corrected chi connectivity index (χ2v) is 7.06. The summed E-state index contributed by atoms with van der Waals surface area (Å²) in [5, 5.41) is 5.42. The standard InChI is InChI=1S/C13H16BrNOS/c14-10-1-6-17-12(10)7-11(16)9-8-13(9)2-4-15-5-3-13/h1,6,9,15H,2-5,7-8H2. The Morgan fingerprint density at radius 3 is 2.94 bits per heavy atom. The normalized spacial score (nSPS) is 26.1. The van der Waals surface area contributed by atoms with E-state index in [0.29, 0.717) is 23.5 Å². The highest BCUT2D eigenvalue weighted by atomic mass is 79.9. The molecule has 1 aliphatic heterocycles. The minimum absolute atomic E-state index is 0.346. The third-order valence-electron chi connectivity index (χ3n) is 4.20. The van der Waals surface area contributed by atoms with Crippen molar-refractivity contribution in [2.45, 2.75) is 25.7 Å². The van der Waals surface area contributed by atoms with Crippen molar-refractivity contribution in [2.24, 2.45) is 11.3 Å². The van der Waals surface area contributed by atoms with Gasteiger partial charge in [-0.05, 0) is 65.1 Å². The van der Waals surface area contributed by atoms with Gasteiger partial charge in [0.05, 0.1) is 0 Å². The van der Waals surface area contributed by atoms with Crippen molar-refractivity contribution in [1.82, 2.24) is 5.32 Å². The first kappa shape index (κ1) is 11.9. The van der Waals surface area contributed by atoms with E-state index >= 15 is 0 Å². The summed E-state index contributed by atoms with van der Waals surface area (Å²) < 4.78 is 1.09. The predicted octanol–water partition coefficient (Wildman–Crippen LogP) is 3.01. The largest absolute Gasteiger partial charge is 0.317 e. The van der Waals surface area contributed by atoms with E-state index in [1.807, 2.05) is 11.4 Å². The lowest BCUT2D eigenvalue weighted by Gasteiger charge is -2.23. The Labute approximate surface area is 114 Å². The summed E-state index contributed by atoms with van der Waals surface area (Å²) in [5.74, 6) is 0.800. The molecule has 0 radical (unpaired) electrons. The predicted molar refractivity (Wildman–Crippen MR) is 73.4 cm³/mol. The highest BCUT2D eigenvalue weighted by molar-refractivity contribution is 9.10. The SMILES string of the molecule is O=C(Cc1sccc1Br)C1CC12CCNCC2. The minimum Gasteiger partial charge on any atom is -0.317 e. The van der Waals surface area contributed by atoms with Gasteiger partial charge in [-0.15, -0.1) is 11.3 Å². The maximum atomic E-state index is 12.3. The molecule has 1 aromatic rings. The molecule has 2 aliphatic rings. The van der Waals surface area contributed by atoms with Crippen LogP contribution in [-0.2, 0) is 11.2 Å². The fourth-order valence-corrected chi connectivity index (χ4v) is 4.52. The Balaban J connectivity index is 1.63. The van der Waals surface area contributed by atoms with Crippen LogP contribution in [0.2, 0.25) is 0 Å². The third kappa shape index (κ3) is 2.23. The molecule has 1 unspecified atom stereocenters. The monoisotopic (exact) mass is 313 g/mol. The number of nitrogens with one attached hydrogen (secondary N) is 1. The zero-order valence-corrected chi connectivity index (χ0v) is 12.1. The van der Waals surface area contributed by atoms with Crippen molar-refractivity contribution >= 4 is 33.0 Å². The first-order valence-electron chi connectivity index (χ1n) is 6.17. The van der Waals surface area contributed by atoms with E-state index in [9.17, 15) is 4.79 Å². The number of ketones is 1. The molecule has 1 N–H and O–H groups in total. The van der Waals surface area contributed by atoms with Crippen LogP contribution in [0.3, 0.4) is 0 Å². The molecule has 1 atom stereocenters. The van der Waals surface area contributed by atoms with Crippen molar-refractivity contribution in [1.29, 1.82) is 0 Å². The van der Waals surface area contributed by atoms with Crippen LogP contribution in [0.4, 0.5) is 0 Å². The van der Waals surface area contributed by atoms with Gasteiger partial charge in [0.15, 0.2) is 0 Å². The van der Waals surface area contributed by atoms with Gasteiger partial charge in [0.1, 0.15) is 5.78 Å². The highest BCUT2D eigenvalue weighted by Crippen LogP contribution is 2.59. The zero-order valence-electron chi connectivity index (χ0n) is 9.67. The molecule has 4 heteroatoms. The number of rotatable bonds is 3. The highest BCUT2D eigenvalue weighted by Gasteiger charge is 2.56. The lowest BCUT2D eigenvalue weighted by molar-refractivity contribution is -0.120. The second kappa shape index (κ2) is 4.48. The summed E-state index contributed by atoms with van der Waals surface area (Å²) in [6.45, 7) is 2.18. The van der Waals surface area contributed by atoms with E-state index in [4.69, 9.17) is 0 Å². The summed E-state index contributed by atoms with van der Waals surface area (Å²) in [6.07, 6.45) is 4.14. The molecule has 0 amide bonds. The van der Waals surface area contributed by atoms with E-state index in [-0.39, 0.29) is 0 Å². The molecule has 1 saturated carbocycles. The second-order valence-electron chi connectivity index (χ2n) is 5.20. The average molecular weight is 314 g/mol. The number of halogens is 1. The Hall–Kier alpha value is -0.190. The molecule has 1 aromatic heterocycles. The molecule has 92 valence electrons. The smallest absolute Gasteiger partial charge is 0.141 e. The van der Waals surface area contributed by atoms with E-state index in [1.54, 1.807) is 11.3 Å². The van der Waals surface area contributed by atoms with Gasteiger partial charge < -0.3 is 5.32 Å². The Kier molecular flexibility index (Phi) is 3.13. The van der Waals surface area contributed by atoms with E-state index in [1.165, 1.54) is 17.7 Å². The first-order chi connectivity index (χ1) is 8.21. The molecule has 17 heavy (non-hydrogen) atoms. The molecule has 2 fully saturated rings. The van der Waals surface area contributed by atoms with Crippen LogP contribution in [0.25, 0.3) is 0 Å². The molecular weight excluding hydrogens is 298 g/mol. The Morgan fingerprint density at radius 1 is 1.53 bits per heavy atom. The van der Waals surface area contributed by atoms with Crippen LogP contribution in [0.1, 0.15) is 24.1 Å². The molecule has 1 saturated heterocycles. The lowest BCUT2D eigenvalue weighted by Crippen LogP contribution is -2.30. The molecule has 0 aromatic carbocycles. The molecule has 3 rings (SSSR count). The van der Waals surface area contributed by atoms with Gasteiger partial charge in [-0.3, -0.25) is 4.79 Å². The van der Waals surface area contributed by atoms with Gasteiger partial charge in [-0.1, -0.05) is 0 Å². The van der Waals surface area contributed by atoms with Crippen LogP contribution in [0, 0.1) is 11.3 Å². The maximum absolute atomic E-state index is 12.3. The molecule has 1 spiro atoms. The van der Waals surface area contributed by atoms with Gasteiger partial charge in [0.2, 0.25) is 0 Å². The third-order valence-corrected chi connectivity index (χ3v) is 6.13. The number of carbonyl (C=O) groups excluding carboxylic acids is 1. The van der Waals surface area contributed by atoms with Gasteiger partial charge in [-0.2, -0.15) is 0 Å². The van der Waals surface area contributed by atoms with Crippen molar-refractivity contribution in [3.8, 4) is 0 Å². The molecule has 2 heterocycles. The number of piperidine rings is 1. The maximum Gasteiger partial charge on any atom is 0.141 e. The minimum atomic E-state index is 0.346. The van der Waals surface area contributed by atoms with Crippen LogP contribution < -0.4 is 5.32 Å². The molecule has 2 nitrogen and oxygen atoms in total. The molecular formula is C13H16BrNOS. The summed E-state index contributed by atoms with van der Waals surface area (Å²) in [7, 11) is 0. The zero-order chi connectivity index (χ0) is 11.9. The van der Waals surface area contributed by atoms with Crippen molar-refractivity contribution in [3.05, 3.63) is 20.8 Å². The molecule has 0 bridgehead atoms. The van der Waals surface area contributed by atoms with Crippen molar-refractivity contribution < 1.29 is 4.79 Å². The first-order valence-corrected chi connectivity index (χ1v) is 7.84.